The molecule has 1 aromatic rings. The number of benzene rings is 1. The van der Waals surface area contributed by atoms with Gasteiger partial charge in [0.1, 0.15) is 0 Å². The van der Waals surface area contributed by atoms with Gasteiger partial charge in [-0.3, -0.25) is 0 Å². The fourth-order valence-electron chi connectivity index (χ4n) is 3.19. The van der Waals surface area contributed by atoms with Crippen LogP contribution in [0.4, 0.5) is 0 Å². The fraction of sp³-hybridized carbons (Fsp3) is 0.538. The molecule has 1 heteroatoms. The normalized spacial score (nSPS) is 12.9. The van der Waals surface area contributed by atoms with Crippen LogP contribution in [-0.4, -0.2) is 24.5 Å². The van der Waals surface area contributed by atoms with Crippen LogP contribution in [0.25, 0.3) is 0 Å². The van der Waals surface area contributed by atoms with Gasteiger partial charge in [0.25, 0.3) is 0 Å². The van der Waals surface area contributed by atoms with Gasteiger partial charge in [0.15, 0.2) is 0 Å². The zero-order valence-corrected chi connectivity index (χ0v) is 19.1. The molecule has 1 nitrogen and oxygen atoms in total. The average molecular weight is 370 g/mol. The van der Waals surface area contributed by atoms with Crippen LogP contribution in [0.5, 0.6) is 0 Å². The lowest BCUT2D eigenvalue weighted by Gasteiger charge is -2.16. The second-order valence-electron chi connectivity index (χ2n) is 6.85. The summed E-state index contributed by atoms with van der Waals surface area (Å²) in [6.07, 6.45) is 11.4. The molecule has 0 N–H and O–H groups in total. The minimum absolute atomic E-state index is 1.10. The number of hydrogen-bond acceptors (Lipinski definition) is 1. The van der Waals surface area contributed by atoms with Gasteiger partial charge in [0.2, 0.25) is 0 Å². The van der Waals surface area contributed by atoms with Crippen LogP contribution in [0.1, 0.15) is 70.6 Å². The van der Waals surface area contributed by atoms with Crippen molar-refractivity contribution in [3.8, 4) is 0 Å². The molecule has 0 atom stereocenters. The summed E-state index contributed by atoms with van der Waals surface area (Å²) in [4.78, 5) is 2.39. The molecule has 0 amide bonds. The van der Waals surface area contributed by atoms with Crippen molar-refractivity contribution in [1.29, 1.82) is 0 Å². The first kappa shape index (κ1) is 25.4. The topological polar surface area (TPSA) is 3.24 Å². The van der Waals surface area contributed by atoms with Crippen LogP contribution in [0.15, 0.2) is 54.2 Å². The Morgan fingerprint density at radius 3 is 2.00 bits per heavy atom. The Morgan fingerprint density at radius 2 is 1.52 bits per heavy atom. The average Bonchev–Trinajstić information content (AvgIpc) is 2.69. The fourth-order valence-corrected chi connectivity index (χ4v) is 3.19. The van der Waals surface area contributed by atoms with Gasteiger partial charge in [0, 0.05) is 6.54 Å². The largest absolute Gasteiger partial charge is 0.304 e. The number of aryl methyl sites for hydroxylation is 2. The van der Waals surface area contributed by atoms with Crippen LogP contribution >= 0.6 is 0 Å². The summed E-state index contributed by atoms with van der Waals surface area (Å²) >= 11 is 0. The van der Waals surface area contributed by atoms with E-state index in [4.69, 9.17) is 0 Å². The van der Waals surface area contributed by atoms with Crippen molar-refractivity contribution < 1.29 is 0 Å². The zero-order valence-electron chi connectivity index (χ0n) is 19.1. The Hall–Kier alpha value is -1.60. The van der Waals surface area contributed by atoms with Crippen molar-refractivity contribution in [2.24, 2.45) is 0 Å². The van der Waals surface area contributed by atoms with Crippen molar-refractivity contribution in [2.45, 2.75) is 74.1 Å². The lowest BCUT2D eigenvalue weighted by molar-refractivity contribution is 0.310. The molecule has 27 heavy (non-hydrogen) atoms. The highest BCUT2D eigenvalue weighted by atomic mass is 15.1. The van der Waals surface area contributed by atoms with Gasteiger partial charge in [-0.05, 0) is 81.8 Å². The van der Waals surface area contributed by atoms with Crippen LogP contribution < -0.4 is 0 Å². The van der Waals surface area contributed by atoms with E-state index in [-0.39, 0.29) is 0 Å². The molecule has 0 spiro atoms. The van der Waals surface area contributed by atoms with Crippen molar-refractivity contribution in [3.63, 3.8) is 0 Å². The molecule has 1 aliphatic rings. The minimum Gasteiger partial charge on any atom is -0.304 e. The van der Waals surface area contributed by atoms with Crippen molar-refractivity contribution >= 4 is 0 Å². The molecule has 1 aliphatic carbocycles. The van der Waals surface area contributed by atoms with Crippen LogP contribution in [0, 0.1) is 13.8 Å². The molecule has 2 rings (SSSR count). The van der Waals surface area contributed by atoms with Gasteiger partial charge in [0.05, 0.1) is 0 Å². The van der Waals surface area contributed by atoms with Gasteiger partial charge >= 0.3 is 0 Å². The van der Waals surface area contributed by atoms with E-state index in [2.05, 4.69) is 76.4 Å². The van der Waals surface area contributed by atoms with Crippen LogP contribution in [-0.2, 0) is 6.42 Å². The van der Waals surface area contributed by atoms with Gasteiger partial charge in [-0.25, -0.2) is 0 Å². The second kappa shape index (κ2) is 15.5. The van der Waals surface area contributed by atoms with E-state index in [0.717, 1.165) is 32.5 Å². The molecule has 0 heterocycles. The molecule has 0 bridgehead atoms. The Morgan fingerprint density at radius 1 is 0.963 bits per heavy atom. The number of rotatable bonds is 7. The predicted molar refractivity (Wildman–Crippen MR) is 125 cm³/mol. The highest BCUT2D eigenvalue weighted by Gasteiger charge is 2.08. The molecule has 0 saturated heterocycles. The lowest BCUT2D eigenvalue weighted by Crippen LogP contribution is -2.23. The Bertz CT molecular complexity index is 568. The molecular formula is C26H43N. The van der Waals surface area contributed by atoms with Gasteiger partial charge < -0.3 is 4.90 Å². The highest BCUT2D eigenvalue weighted by Crippen LogP contribution is 2.25. The molecule has 0 aromatic heterocycles. The number of hydrogen-bond donors (Lipinski definition) is 0. The maximum absolute atomic E-state index is 3.67. The third-order valence-electron chi connectivity index (χ3n) is 5.07. The monoisotopic (exact) mass is 369 g/mol. The van der Waals surface area contributed by atoms with E-state index in [1.54, 1.807) is 0 Å². The predicted octanol–water partition coefficient (Wildman–Crippen LogP) is 7.44. The van der Waals surface area contributed by atoms with E-state index in [1.165, 1.54) is 40.7 Å². The number of nitrogens with zero attached hydrogens (tertiary/aromatic N) is 1. The van der Waals surface area contributed by atoms with Gasteiger partial charge in [-0.2, -0.15) is 0 Å². The molecular weight excluding hydrogens is 326 g/mol. The molecule has 0 fully saturated rings. The van der Waals surface area contributed by atoms with E-state index in [1.807, 2.05) is 19.9 Å². The first-order valence-corrected chi connectivity index (χ1v) is 10.8. The van der Waals surface area contributed by atoms with Crippen LogP contribution in [0.2, 0.25) is 0 Å². The number of allylic oxidation sites excluding steroid dienone is 4. The third-order valence-corrected chi connectivity index (χ3v) is 5.07. The molecule has 0 aliphatic heterocycles. The van der Waals surface area contributed by atoms with Gasteiger partial charge in [-0.15, -0.1) is 6.58 Å². The Labute approximate surface area is 169 Å². The molecule has 0 radical (unpaired) electrons. The SMILES string of the molecule is C=CCCN(CC)CC.CC.CC1=CCCC=C1Cc1c(C)cccc1C. The molecule has 152 valence electrons. The minimum atomic E-state index is 1.10. The van der Waals surface area contributed by atoms with Crippen molar-refractivity contribution in [3.05, 3.63) is 70.8 Å². The second-order valence-corrected chi connectivity index (χ2v) is 6.85. The summed E-state index contributed by atoms with van der Waals surface area (Å²) in [5.74, 6) is 0. The standard InChI is InChI=1S/C16H20.C8H17N.C2H6/c1-12-7-4-5-10-15(12)11-16-13(2)8-6-9-14(16)3;1-4-7-8-9(5-2)6-3;1-2/h6-10H,4-5,11H2,1-3H3;4H,1,5-8H2,2-3H3;1-2H3. The summed E-state index contributed by atoms with van der Waals surface area (Å²) in [5.41, 5.74) is 7.32. The van der Waals surface area contributed by atoms with Crippen molar-refractivity contribution in [2.75, 3.05) is 19.6 Å². The third kappa shape index (κ3) is 9.77. The summed E-state index contributed by atoms with van der Waals surface area (Å²) in [6, 6.07) is 6.57. The van der Waals surface area contributed by atoms with Crippen LogP contribution in [0.3, 0.4) is 0 Å². The lowest BCUT2D eigenvalue weighted by atomic mass is 9.90. The quantitative estimate of drug-likeness (QED) is 0.451. The Balaban J connectivity index is 0.000000528. The summed E-state index contributed by atoms with van der Waals surface area (Å²) < 4.78 is 0. The molecule has 1 aromatic carbocycles. The van der Waals surface area contributed by atoms with Crippen molar-refractivity contribution in [1.82, 2.24) is 4.90 Å². The first-order chi connectivity index (χ1) is 13.0. The van der Waals surface area contributed by atoms with E-state index in [9.17, 15) is 0 Å². The van der Waals surface area contributed by atoms with E-state index >= 15 is 0 Å². The van der Waals surface area contributed by atoms with E-state index in [0.29, 0.717) is 0 Å². The van der Waals surface area contributed by atoms with Gasteiger partial charge in [-0.1, -0.05) is 69.7 Å². The maximum atomic E-state index is 3.67. The summed E-state index contributed by atoms with van der Waals surface area (Å²) in [6.45, 7) is 22.2. The smallest absolute Gasteiger partial charge is 0.00156 e. The zero-order chi connectivity index (χ0) is 20.7. The summed E-state index contributed by atoms with van der Waals surface area (Å²) in [7, 11) is 0. The van der Waals surface area contributed by atoms with E-state index < -0.39 is 0 Å². The molecule has 0 saturated carbocycles. The summed E-state index contributed by atoms with van der Waals surface area (Å²) in [5, 5.41) is 0. The first-order valence-electron chi connectivity index (χ1n) is 10.8. The molecule has 0 unspecified atom stereocenters. The Kier molecular flexibility index (Phi) is 14.5. The highest BCUT2D eigenvalue weighted by molar-refractivity contribution is 5.42. The maximum Gasteiger partial charge on any atom is 0.00156 e.